The van der Waals surface area contributed by atoms with E-state index in [9.17, 15) is 0 Å². The summed E-state index contributed by atoms with van der Waals surface area (Å²) in [6.45, 7) is 14.0. The first-order valence-electron chi connectivity index (χ1n) is 21.6. The van der Waals surface area contributed by atoms with Gasteiger partial charge in [-0.1, -0.05) is 193 Å². The second-order valence-electron chi connectivity index (χ2n) is 18.8. The monoisotopic (exact) mass is 786 g/mol. The highest BCUT2D eigenvalue weighted by Gasteiger charge is 2.39. The van der Waals surface area contributed by atoms with Crippen LogP contribution >= 0.6 is 0 Å². The van der Waals surface area contributed by atoms with Gasteiger partial charge in [0, 0.05) is 49.6 Å². The second-order valence-corrected chi connectivity index (χ2v) is 18.8. The van der Waals surface area contributed by atoms with E-state index in [1.54, 1.807) is 0 Å². The molecule has 61 heavy (non-hydrogen) atoms. The SMILES string of the molecule is CC1(C)c2ccccc2Oc2c(-c3cccc4c(-c5cccc6c5-c5ccccc5C6(C)C)c5cccc(-c6cccc7c6Oc6ccccc6C7(C)C)c5cc34)cccc21. The number of para-hydroxylation sites is 4. The van der Waals surface area contributed by atoms with Crippen LogP contribution in [0.3, 0.4) is 0 Å². The first-order chi connectivity index (χ1) is 29.5. The highest BCUT2D eigenvalue weighted by molar-refractivity contribution is 6.21. The number of ether oxygens (including phenoxy) is 2. The summed E-state index contributed by atoms with van der Waals surface area (Å²) in [4.78, 5) is 0. The third-order valence-corrected chi connectivity index (χ3v) is 14.4. The summed E-state index contributed by atoms with van der Waals surface area (Å²) in [6.07, 6.45) is 0. The third-order valence-electron chi connectivity index (χ3n) is 14.4. The molecule has 2 aliphatic heterocycles. The largest absolute Gasteiger partial charge is 0.456 e. The van der Waals surface area contributed by atoms with E-state index < -0.39 is 0 Å². The normalized spacial score (nSPS) is 15.7. The van der Waals surface area contributed by atoms with Crippen molar-refractivity contribution < 1.29 is 9.47 Å². The van der Waals surface area contributed by atoms with Gasteiger partial charge in [-0.05, 0) is 84.3 Å². The van der Waals surface area contributed by atoms with Gasteiger partial charge in [0.05, 0.1) is 0 Å². The molecule has 9 aromatic rings. The van der Waals surface area contributed by atoms with Crippen LogP contribution in [-0.2, 0) is 16.2 Å². The zero-order valence-electron chi connectivity index (χ0n) is 35.5. The molecular formula is C59H46O2. The Morgan fingerprint density at radius 3 is 1.20 bits per heavy atom. The van der Waals surface area contributed by atoms with Crippen molar-refractivity contribution in [3.8, 4) is 67.5 Å². The average molecular weight is 787 g/mol. The van der Waals surface area contributed by atoms with Crippen molar-refractivity contribution in [1.29, 1.82) is 0 Å². The molecule has 2 heteroatoms. The van der Waals surface area contributed by atoms with E-state index in [4.69, 9.17) is 9.47 Å². The minimum Gasteiger partial charge on any atom is -0.456 e. The smallest absolute Gasteiger partial charge is 0.139 e. The first kappa shape index (κ1) is 36.0. The Hall–Kier alpha value is -6.90. The maximum atomic E-state index is 6.96. The zero-order chi connectivity index (χ0) is 41.4. The lowest BCUT2D eigenvalue weighted by atomic mass is 9.74. The number of rotatable bonds is 3. The van der Waals surface area contributed by atoms with Gasteiger partial charge in [0.1, 0.15) is 23.0 Å². The quantitative estimate of drug-likeness (QED) is 0.166. The number of hydrogen-bond donors (Lipinski definition) is 0. The van der Waals surface area contributed by atoms with Crippen LogP contribution in [0.5, 0.6) is 23.0 Å². The van der Waals surface area contributed by atoms with E-state index in [1.807, 2.05) is 0 Å². The molecule has 294 valence electrons. The minimum atomic E-state index is -0.237. The van der Waals surface area contributed by atoms with Crippen molar-refractivity contribution in [2.24, 2.45) is 0 Å². The molecule has 1 aliphatic carbocycles. The summed E-state index contributed by atoms with van der Waals surface area (Å²) in [6, 6.07) is 62.5. The minimum absolute atomic E-state index is 0.133. The fourth-order valence-electron chi connectivity index (χ4n) is 11.2. The van der Waals surface area contributed by atoms with Crippen LogP contribution in [0.25, 0.3) is 66.1 Å². The molecule has 2 nitrogen and oxygen atoms in total. The molecule has 0 unspecified atom stereocenters. The highest BCUT2D eigenvalue weighted by Crippen LogP contribution is 2.57. The van der Waals surface area contributed by atoms with Crippen LogP contribution in [-0.4, -0.2) is 0 Å². The van der Waals surface area contributed by atoms with Gasteiger partial charge in [-0.3, -0.25) is 0 Å². The summed E-state index contributed by atoms with van der Waals surface area (Å²) in [5.74, 6) is 3.69. The Morgan fingerprint density at radius 2 is 0.656 bits per heavy atom. The Labute approximate surface area is 358 Å². The maximum Gasteiger partial charge on any atom is 0.139 e. The van der Waals surface area contributed by atoms with Gasteiger partial charge < -0.3 is 9.47 Å². The van der Waals surface area contributed by atoms with Gasteiger partial charge in [0.2, 0.25) is 0 Å². The fourth-order valence-corrected chi connectivity index (χ4v) is 11.2. The molecule has 0 radical (unpaired) electrons. The number of fused-ring (bicyclic) bond motifs is 9. The topological polar surface area (TPSA) is 18.5 Å². The van der Waals surface area contributed by atoms with E-state index >= 15 is 0 Å². The molecule has 0 bridgehead atoms. The molecule has 0 saturated heterocycles. The summed E-state index contributed by atoms with van der Waals surface area (Å²) < 4.78 is 13.9. The molecule has 12 rings (SSSR count). The van der Waals surface area contributed by atoms with Crippen LogP contribution < -0.4 is 9.47 Å². The maximum absolute atomic E-state index is 6.96. The molecule has 2 heterocycles. The molecule has 9 aromatic carbocycles. The summed E-state index contributed by atoms with van der Waals surface area (Å²) in [5.41, 5.74) is 16.5. The van der Waals surface area contributed by atoms with Crippen molar-refractivity contribution >= 4 is 21.5 Å². The predicted octanol–water partition coefficient (Wildman–Crippen LogP) is 16.2. The summed E-state index contributed by atoms with van der Waals surface area (Å²) in [7, 11) is 0. The lowest BCUT2D eigenvalue weighted by Gasteiger charge is -2.35. The zero-order valence-corrected chi connectivity index (χ0v) is 35.5. The molecule has 0 atom stereocenters. The van der Waals surface area contributed by atoms with Crippen LogP contribution in [0, 0.1) is 0 Å². The van der Waals surface area contributed by atoms with Gasteiger partial charge in [0.15, 0.2) is 0 Å². The van der Waals surface area contributed by atoms with Gasteiger partial charge in [-0.2, -0.15) is 0 Å². The Bertz CT molecular complexity index is 3170. The van der Waals surface area contributed by atoms with Gasteiger partial charge >= 0.3 is 0 Å². The number of hydrogen-bond acceptors (Lipinski definition) is 2. The van der Waals surface area contributed by atoms with Crippen LogP contribution in [0.4, 0.5) is 0 Å². The Kier molecular flexibility index (Phi) is 7.41. The molecular weight excluding hydrogens is 741 g/mol. The third kappa shape index (κ3) is 4.91. The van der Waals surface area contributed by atoms with E-state index in [2.05, 4.69) is 211 Å². The van der Waals surface area contributed by atoms with Gasteiger partial charge in [-0.15, -0.1) is 0 Å². The van der Waals surface area contributed by atoms with Gasteiger partial charge in [-0.25, -0.2) is 0 Å². The van der Waals surface area contributed by atoms with Crippen LogP contribution in [0.2, 0.25) is 0 Å². The number of benzene rings is 9. The second kappa shape index (κ2) is 12.6. The van der Waals surface area contributed by atoms with E-state index in [-0.39, 0.29) is 16.2 Å². The Morgan fingerprint density at radius 1 is 0.279 bits per heavy atom. The molecule has 0 N–H and O–H groups in total. The van der Waals surface area contributed by atoms with E-state index in [0.717, 1.165) is 45.3 Å². The van der Waals surface area contributed by atoms with E-state index in [1.165, 1.54) is 77.2 Å². The van der Waals surface area contributed by atoms with Crippen molar-refractivity contribution in [3.05, 3.63) is 203 Å². The molecule has 0 spiro atoms. The molecule has 0 amide bonds. The lowest BCUT2D eigenvalue weighted by Crippen LogP contribution is -2.24. The van der Waals surface area contributed by atoms with Crippen molar-refractivity contribution in [3.63, 3.8) is 0 Å². The van der Waals surface area contributed by atoms with E-state index in [0.29, 0.717) is 0 Å². The Balaban J connectivity index is 1.19. The predicted molar refractivity (Wildman–Crippen MR) is 253 cm³/mol. The molecule has 0 aromatic heterocycles. The summed E-state index contributed by atoms with van der Waals surface area (Å²) >= 11 is 0. The fraction of sp³-hybridized carbons (Fsp3) is 0.153. The van der Waals surface area contributed by atoms with Crippen LogP contribution in [0.1, 0.15) is 74.9 Å². The van der Waals surface area contributed by atoms with Crippen molar-refractivity contribution in [2.75, 3.05) is 0 Å². The first-order valence-corrected chi connectivity index (χ1v) is 21.6. The highest BCUT2D eigenvalue weighted by atomic mass is 16.5. The van der Waals surface area contributed by atoms with Gasteiger partial charge in [0.25, 0.3) is 0 Å². The van der Waals surface area contributed by atoms with Crippen molar-refractivity contribution in [2.45, 2.75) is 57.8 Å². The summed E-state index contributed by atoms with van der Waals surface area (Å²) in [5, 5.41) is 4.80. The average Bonchev–Trinajstić information content (AvgIpc) is 3.51. The molecule has 0 saturated carbocycles. The lowest BCUT2D eigenvalue weighted by molar-refractivity contribution is 0.419. The molecule has 0 fully saturated rings. The molecule has 3 aliphatic rings. The standard InChI is InChI=1S/C59H46O2/c1-57(2)45-26-8-7-18-41(45)54-42(25-17-29-48(54)57)53-37-21-13-19-35(39-23-15-30-49-55(39)60-51-32-11-9-27-46(51)58(49,3)4)43(37)34-44-36(20-14-22-38(44)53)40-24-16-31-50-56(40)61-52-33-12-10-28-47(52)59(50,5)6/h7-34H,1-6H3. The van der Waals surface area contributed by atoms with Crippen molar-refractivity contribution in [1.82, 2.24) is 0 Å². The van der Waals surface area contributed by atoms with Crippen LogP contribution in [0.15, 0.2) is 170 Å².